The summed E-state index contributed by atoms with van der Waals surface area (Å²) < 4.78 is 16.5. The van der Waals surface area contributed by atoms with Crippen LogP contribution in [-0.4, -0.2) is 56.1 Å². The molecule has 1 aromatic rings. The van der Waals surface area contributed by atoms with E-state index in [4.69, 9.17) is 14.2 Å². The number of hydrogen-bond donors (Lipinski definition) is 1. The summed E-state index contributed by atoms with van der Waals surface area (Å²) >= 11 is 0. The fraction of sp³-hybridized carbons (Fsp3) is 0.667. The summed E-state index contributed by atoms with van der Waals surface area (Å²) in [5, 5.41) is 10.9. The van der Waals surface area contributed by atoms with Crippen LogP contribution in [0.5, 0.6) is 11.5 Å². The Hall–Kier alpha value is -1.30. The Morgan fingerprint density at radius 1 is 1.13 bits per heavy atom. The summed E-state index contributed by atoms with van der Waals surface area (Å²) in [5.74, 6) is 2.19. The Morgan fingerprint density at radius 2 is 1.87 bits per heavy atom. The Labute approximate surface area is 137 Å². The van der Waals surface area contributed by atoms with Crippen LogP contribution >= 0.6 is 0 Å². The third-order valence-corrected chi connectivity index (χ3v) is 6.02. The number of nitrogens with zero attached hydrogens (tertiary/aromatic N) is 1. The van der Waals surface area contributed by atoms with Gasteiger partial charge in [0.2, 0.25) is 0 Å². The van der Waals surface area contributed by atoms with Gasteiger partial charge < -0.3 is 19.3 Å². The van der Waals surface area contributed by atoms with Gasteiger partial charge in [-0.2, -0.15) is 0 Å². The SMILES string of the molecule is COc1cc2c(cc1OC)C1C(O)C(OC)CC3CCN(C2)C31. The van der Waals surface area contributed by atoms with E-state index in [1.165, 1.54) is 17.5 Å². The largest absolute Gasteiger partial charge is 0.493 e. The summed E-state index contributed by atoms with van der Waals surface area (Å²) in [6.45, 7) is 2.03. The van der Waals surface area contributed by atoms with Crippen molar-refractivity contribution >= 4 is 0 Å². The van der Waals surface area contributed by atoms with Crippen LogP contribution in [0, 0.1) is 5.92 Å². The van der Waals surface area contributed by atoms with Gasteiger partial charge in [-0.15, -0.1) is 0 Å². The van der Waals surface area contributed by atoms with Gasteiger partial charge in [-0.1, -0.05) is 0 Å². The lowest BCUT2D eigenvalue weighted by Crippen LogP contribution is -2.54. The highest BCUT2D eigenvalue weighted by Gasteiger charge is 2.52. The molecule has 1 N–H and O–H groups in total. The van der Waals surface area contributed by atoms with Crippen LogP contribution in [0.4, 0.5) is 0 Å². The van der Waals surface area contributed by atoms with Crippen LogP contribution in [0.25, 0.3) is 0 Å². The van der Waals surface area contributed by atoms with Crippen LogP contribution in [0.15, 0.2) is 12.1 Å². The fourth-order valence-electron chi connectivity index (χ4n) is 4.99. The van der Waals surface area contributed by atoms with Crippen LogP contribution in [0.2, 0.25) is 0 Å². The van der Waals surface area contributed by atoms with Crippen molar-refractivity contribution in [2.24, 2.45) is 5.92 Å². The first-order valence-electron chi connectivity index (χ1n) is 8.37. The molecule has 5 atom stereocenters. The molecule has 5 heteroatoms. The zero-order valence-electron chi connectivity index (χ0n) is 14.0. The van der Waals surface area contributed by atoms with E-state index in [9.17, 15) is 5.11 Å². The molecule has 2 fully saturated rings. The lowest BCUT2D eigenvalue weighted by atomic mass is 9.68. The first kappa shape index (κ1) is 15.2. The van der Waals surface area contributed by atoms with E-state index >= 15 is 0 Å². The fourth-order valence-corrected chi connectivity index (χ4v) is 4.99. The zero-order chi connectivity index (χ0) is 16.1. The topological polar surface area (TPSA) is 51.2 Å². The van der Waals surface area contributed by atoms with E-state index < -0.39 is 6.10 Å². The maximum atomic E-state index is 10.9. The molecule has 5 unspecified atom stereocenters. The average Bonchev–Trinajstić information content (AvgIpc) is 2.98. The lowest BCUT2D eigenvalue weighted by molar-refractivity contribution is -0.0837. The number of hydrogen-bond acceptors (Lipinski definition) is 5. The maximum absolute atomic E-state index is 10.9. The lowest BCUT2D eigenvalue weighted by Gasteiger charge is -2.48. The van der Waals surface area contributed by atoms with Crippen molar-refractivity contribution < 1.29 is 19.3 Å². The van der Waals surface area contributed by atoms with Gasteiger partial charge >= 0.3 is 0 Å². The molecule has 1 aromatic carbocycles. The van der Waals surface area contributed by atoms with Crippen molar-refractivity contribution in [3.05, 3.63) is 23.3 Å². The molecule has 2 heterocycles. The predicted octanol–water partition coefficient (Wildman–Crippen LogP) is 1.77. The molecule has 2 aliphatic heterocycles. The first-order chi connectivity index (χ1) is 11.2. The van der Waals surface area contributed by atoms with Crippen molar-refractivity contribution in [2.75, 3.05) is 27.9 Å². The molecule has 126 valence electrons. The van der Waals surface area contributed by atoms with Gasteiger partial charge in [-0.3, -0.25) is 4.90 Å². The third kappa shape index (κ3) is 2.17. The molecule has 1 saturated heterocycles. The molecule has 0 radical (unpaired) electrons. The number of aliphatic hydroxyl groups is 1. The van der Waals surface area contributed by atoms with Crippen molar-refractivity contribution in [1.82, 2.24) is 4.90 Å². The van der Waals surface area contributed by atoms with Crippen LogP contribution < -0.4 is 9.47 Å². The molecule has 3 aliphatic rings. The Morgan fingerprint density at radius 3 is 2.57 bits per heavy atom. The number of rotatable bonds is 3. The van der Waals surface area contributed by atoms with E-state index in [1.807, 2.05) is 0 Å². The zero-order valence-corrected chi connectivity index (χ0v) is 14.0. The summed E-state index contributed by atoms with van der Waals surface area (Å²) in [7, 11) is 5.03. The molecule has 1 saturated carbocycles. The standard InChI is InChI=1S/C18H25NO4/c1-21-13-7-11-9-19-5-4-10-6-15(23-3)18(20)16(17(10)19)12(11)8-14(13)22-2/h7-8,10,15-18,20H,4-6,9H2,1-3H3. The van der Waals surface area contributed by atoms with Crippen molar-refractivity contribution in [2.45, 2.75) is 43.6 Å². The van der Waals surface area contributed by atoms with Gasteiger partial charge in [0.15, 0.2) is 11.5 Å². The minimum Gasteiger partial charge on any atom is -0.493 e. The second-order valence-corrected chi connectivity index (χ2v) is 6.94. The van der Waals surface area contributed by atoms with Crippen molar-refractivity contribution in [3.63, 3.8) is 0 Å². The van der Waals surface area contributed by atoms with Crippen LogP contribution in [0.3, 0.4) is 0 Å². The van der Waals surface area contributed by atoms with Crippen LogP contribution in [-0.2, 0) is 11.3 Å². The monoisotopic (exact) mass is 319 g/mol. The average molecular weight is 319 g/mol. The molecular formula is C18H25NO4. The minimum absolute atomic E-state index is 0.0831. The van der Waals surface area contributed by atoms with E-state index in [2.05, 4.69) is 17.0 Å². The third-order valence-electron chi connectivity index (χ3n) is 6.02. The number of ether oxygens (including phenoxy) is 3. The highest BCUT2D eigenvalue weighted by Crippen LogP contribution is 2.51. The quantitative estimate of drug-likeness (QED) is 0.920. The second kappa shape index (κ2) is 5.65. The van der Waals surface area contributed by atoms with Crippen molar-refractivity contribution in [1.29, 1.82) is 0 Å². The number of benzene rings is 1. The van der Waals surface area contributed by atoms with E-state index in [1.54, 1.807) is 21.3 Å². The molecule has 0 spiro atoms. The van der Waals surface area contributed by atoms with Gasteiger partial charge in [0.1, 0.15) is 0 Å². The summed E-state index contributed by atoms with van der Waals surface area (Å²) in [5.41, 5.74) is 2.44. The Balaban J connectivity index is 1.82. The molecule has 0 bridgehead atoms. The summed E-state index contributed by atoms with van der Waals surface area (Å²) in [6, 6.07) is 4.55. The highest BCUT2D eigenvalue weighted by atomic mass is 16.5. The van der Waals surface area contributed by atoms with Crippen molar-refractivity contribution in [3.8, 4) is 11.5 Å². The van der Waals surface area contributed by atoms with Gasteiger partial charge in [0, 0.05) is 25.6 Å². The molecule has 1 aliphatic carbocycles. The smallest absolute Gasteiger partial charge is 0.161 e. The van der Waals surface area contributed by atoms with E-state index in [-0.39, 0.29) is 12.0 Å². The maximum Gasteiger partial charge on any atom is 0.161 e. The number of methoxy groups -OCH3 is 3. The molecule has 23 heavy (non-hydrogen) atoms. The Kier molecular flexibility index (Phi) is 3.75. The molecule has 0 amide bonds. The minimum atomic E-state index is -0.473. The highest BCUT2D eigenvalue weighted by molar-refractivity contribution is 5.51. The summed E-state index contributed by atoms with van der Waals surface area (Å²) in [4.78, 5) is 2.53. The van der Waals surface area contributed by atoms with Gasteiger partial charge in [0.05, 0.1) is 26.4 Å². The molecule has 0 aromatic heterocycles. The predicted molar refractivity (Wildman–Crippen MR) is 86.0 cm³/mol. The summed E-state index contributed by atoms with van der Waals surface area (Å²) in [6.07, 6.45) is 1.59. The van der Waals surface area contributed by atoms with Crippen LogP contribution in [0.1, 0.15) is 29.9 Å². The van der Waals surface area contributed by atoms with E-state index in [0.29, 0.717) is 12.0 Å². The number of aliphatic hydroxyl groups excluding tert-OH is 1. The molecule has 5 nitrogen and oxygen atoms in total. The Bertz CT molecular complexity index is 605. The van der Waals surface area contributed by atoms with E-state index in [0.717, 1.165) is 31.0 Å². The van der Waals surface area contributed by atoms with Gasteiger partial charge in [-0.05, 0) is 48.6 Å². The molecular weight excluding hydrogens is 294 g/mol. The second-order valence-electron chi connectivity index (χ2n) is 6.94. The normalized spacial score (nSPS) is 35.6. The van der Waals surface area contributed by atoms with Gasteiger partial charge in [-0.25, -0.2) is 0 Å². The first-order valence-corrected chi connectivity index (χ1v) is 8.37. The van der Waals surface area contributed by atoms with Gasteiger partial charge in [0.25, 0.3) is 0 Å². The molecule has 4 rings (SSSR count). The number of fused-ring (bicyclic) bond motifs is 2.